The number of anilines is 1. The second kappa shape index (κ2) is 8.52. The minimum atomic E-state index is -1.96. The third-order valence-electron chi connectivity index (χ3n) is 6.84. The molecule has 0 aromatic heterocycles. The highest BCUT2D eigenvalue weighted by atomic mass is 28.4. The van der Waals surface area contributed by atoms with Gasteiger partial charge in [-0.2, -0.15) is 0 Å². The van der Waals surface area contributed by atoms with E-state index in [1.54, 1.807) is 19.1 Å². The molecule has 7 nitrogen and oxygen atoms in total. The number of primary amides is 1. The number of cyclic esters (lactones) is 1. The molecule has 172 valence electrons. The molecule has 2 amide bonds. The maximum absolute atomic E-state index is 13.9. The lowest BCUT2D eigenvalue weighted by Gasteiger charge is -2.39. The molecule has 0 saturated carbocycles. The van der Waals surface area contributed by atoms with Gasteiger partial charge in [0.25, 0.3) is 0 Å². The quantitative estimate of drug-likeness (QED) is 0.667. The smallest absolute Gasteiger partial charge is 0.416 e. The molecule has 4 unspecified atom stereocenters. The maximum atomic E-state index is 13.9. The van der Waals surface area contributed by atoms with Crippen molar-refractivity contribution in [2.45, 2.75) is 70.6 Å². The number of ether oxygens (including phenoxy) is 1. The molecule has 1 aromatic carbocycles. The number of carbonyl (C=O) groups excluding carboxylic acids is 2. The molecule has 9 heteroatoms. The monoisotopic (exact) mass is 451 g/mol. The SMILES string of the molecule is CC(C(N)=O)C1OC(=O)N(c2cccc(F)c2)C1N1CCC(O[Si](C)(C)C(C)(C)C)C1. The van der Waals surface area contributed by atoms with Gasteiger partial charge < -0.3 is 14.9 Å². The van der Waals surface area contributed by atoms with E-state index in [2.05, 4.69) is 38.8 Å². The van der Waals surface area contributed by atoms with Gasteiger partial charge in [0.05, 0.1) is 17.7 Å². The standard InChI is InChI=1S/C22H34FN3O4Si/c1-14(19(24)27)18-20(26(21(28)29-18)16-9-7-8-15(23)12-16)25-11-10-17(13-25)30-31(5,6)22(2,3)4/h7-9,12,14,17-18,20H,10-11,13H2,1-6H3,(H2,24,27). The first-order valence-electron chi connectivity index (χ1n) is 10.8. The molecule has 4 atom stereocenters. The van der Waals surface area contributed by atoms with E-state index in [4.69, 9.17) is 14.9 Å². The minimum Gasteiger partial charge on any atom is -0.441 e. The molecule has 0 aliphatic carbocycles. The van der Waals surface area contributed by atoms with Crippen LogP contribution in [-0.2, 0) is 14.0 Å². The summed E-state index contributed by atoms with van der Waals surface area (Å²) in [5, 5.41) is 0.0868. The van der Waals surface area contributed by atoms with Crippen molar-refractivity contribution in [3.05, 3.63) is 30.1 Å². The first-order chi connectivity index (χ1) is 14.3. The van der Waals surface area contributed by atoms with Crippen LogP contribution in [0.15, 0.2) is 24.3 Å². The number of hydrogen-bond donors (Lipinski definition) is 1. The Labute approximate surface area is 184 Å². The third-order valence-corrected chi connectivity index (χ3v) is 11.4. The fourth-order valence-corrected chi connectivity index (χ4v) is 5.33. The van der Waals surface area contributed by atoms with E-state index >= 15 is 0 Å². The van der Waals surface area contributed by atoms with Crippen molar-refractivity contribution < 1.29 is 23.1 Å². The normalized spacial score (nSPS) is 26.2. The zero-order chi connectivity index (χ0) is 23.1. The Balaban J connectivity index is 1.88. The average molecular weight is 452 g/mol. The summed E-state index contributed by atoms with van der Waals surface area (Å²) in [5.41, 5.74) is 5.93. The van der Waals surface area contributed by atoms with Crippen molar-refractivity contribution in [3.63, 3.8) is 0 Å². The van der Waals surface area contributed by atoms with Crippen LogP contribution in [0.2, 0.25) is 18.1 Å². The highest BCUT2D eigenvalue weighted by molar-refractivity contribution is 6.74. The zero-order valence-corrected chi connectivity index (χ0v) is 20.2. The number of halogens is 1. The number of rotatable bonds is 6. The van der Waals surface area contributed by atoms with Gasteiger partial charge in [0.1, 0.15) is 18.1 Å². The maximum Gasteiger partial charge on any atom is 0.416 e. The largest absolute Gasteiger partial charge is 0.441 e. The van der Waals surface area contributed by atoms with E-state index in [0.717, 1.165) is 6.42 Å². The van der Waals surface area contributed by atoms with Gasteiger partial charge in [0.2, 0.25) is 5.91 Å². The van der Waals surface area contributed by atoms with E-state index in [9.17, 15) is 14.0 Å². The topological polar surface area (TPSA) is 85.1 Å². The van der Waals surface area contributed by atoms with Crippen LogP contribution in [0.1, 0.15) is 34.1 Å². The first kappa shape index (κ1) is 23.7. The Morgan fingerprint density at radius 3 is 2.61 bits per heavy atom. The summed E-state index contributed by atoms with van der Waals surface area (Å²) in [6.07, 6.45) is -1.09. The lowest BCUT2D eigenvalue weighted by Crippen LogP contribution is -2.53. The van der Waals surface area contributed by atoms with Crippen molar-refractivity contribution in [1.82, 2.24) is 4.90 Å². The predicted molar refractivity (Wildman–Crippen MR) is 120 cm³/mol. The molecule has 0 radical (unpaired) electrons. The number of likely N-dealkylation sites (tertiary alicyclic amines) is 1. The van der Waals surface area contributed by atoms with E-state index < -0.39 is 44.3 Å². The highest BCUT2D eigenvalue weighted by Gasteiger charge is 2.51. The van der Waals surface area contributed by atoms with Gasteiger partial charge in [-0.15, -0.1) is 0 Å². The predicted octanol–water partition coefficient (Wildman–Crippen LogP) is 3.69. The zero-order valence-electron chi connectivity index (χ0n) is 19.2. The van der Waals surface area contributed by atoms with Crippen LogP contribution in [0, 0.1) is 11.7 Å². The fraction of sp³-hybridized carbons (Fsp3) is 0.636. The summed E-state index contributed by atoms with van der Waals surface area (Å²) in [7, 11) is -1.96. The van der Waals surface area contributed by atoms with Crippen molar-refractivity contribution in [2.24, 2.45) is 11.7 Å². The summed E-state index contributed by atoms with van der Waals surface area (Å²) in [6.45, 7) is 14.0. The van der Waals surface area contributed by atoms with Gasteiger partial charge in [0, 0.05) is 13.1 Å². The van der Waals surface area contributed by atoms with Gasteiger partial charge in [-0.1, -0.05) is 26.8 Å². The first-order valence-corrected chi connectivity index (χ1v) is 13.7. The second-order valence-corrected chi connectivity index (χ2v) is 14.8. The molecular formula is C22H34FN3O4Si. The number of carbonyl (C=O) groups is 2. The number of amides is 2. The van der Waals surface area contributed by atoms with Gasteiger partial charge >= 0.3 is 6.09 Å². The van der Waals surface area contributed by atoms with E-state index in [0.29, 0.717) is 18.8 Å². The third kappa shape index (κ3) is 4.78. The van der Waals surface area contributed by atoms with Crippen molar-refractivity contribution in [3.8, 4) is 0 Å². The van der Waals surface area contributed by atoms with Gasteiger partial charge in [-0.3, -0.25) is 14.6 Å². The van der Waals surface area contributed by atoms with Crippen LogP contribution in [0.25, 0.3) is 0 Å². The molecule has 2 aliphatic heterocycles. The Morgan fingerprint density at radius 1 is 1.35 bits per heavy atom. The van der Waals surface area contributed by atoms with Crippen LogP contribution >= 0.6 is 0 Å². The summed E-state index contributed by atoms with van der Waals surface area (Å²) >= 11 is 0. The summed E-state index contributed by atoms with van der Waals surface area (Å²) in [5.74, 6) is -1.68. The number of nitrogens with zero attached hydrogens (tertiary/aromatic N) is 2. The summed E-state index contributed by atoms with van der Waals surface area (Å²) in [4.78, 5) is 28.3. The van der Waals surface area contributed by atoms with Gasteiger partial charge in [-0.05, 0) is 49.7 Å². The van der Waals surface area contributed by atoms with Crippen LogP contribution in [0.5, 0.6) is 0 Å². The Morgan fingerprint density at radius 2 is 2.03 bits per heavy atom. The minimum absolute atomic E-state index is 0.0236. The van der Waals surface area contributed by atoms with E-state index in [1.807, 2.05) is 0 Å². The number of hydrogen-bond acceptors (Lipinski definition) is 5. The van der Waals surface area contributed by atoms with Gasteiger partial charge in [0.15, 0.2) is 8.32 Å². The van der Waals surface area contributed by atoms with Crippen molar-refractivity contribution in [1.29, 1.82) is 0 Å². The molecule has 2 saturated heterocycles. The molecular weight excluding hydrogens is 417 g/mol. The molecule has 2 fully saturated rings. The molecule has 2 N–H and O–H groups in total. The summed E-state index contributed by atoms with van der Waals surface area (Å²) in [6, 6.07) is 5.83. The lowest BCUT2D eigenvalue weighted by atomic mass is 10.0. The molecule has 3 rings (SSSR count). The molecule has 0 spiro atoms. The second-order valence-electron chi connectivity index (χ2n) is 10.1. The van der Waals surface area contributed by atoms with Crippen LogP contribution < -0.4 is 10.6 Å². The van der Waals surface area contributed by atoms with E-state index in [1.165, 1.54) is 17.0 Å². The van der Waals surface area contributed by atoms with E-state index in [-0.39, 0.29) is 11.1 Å². The van der Waals surface area contributed by atoms with Gasteiger partial charge in [-0.25, -0.2) is 9.18 Å². The lowest BCUT2D eigenvalue weighted by molar-refractivity contribution is -0.125. The fourth-order valence-electron chi connectivity index (χ4n) is 3.95. The molecule has 2 aliphatic rings. The Kier molecular flexibility index (Phi) is 6.51. The highest BCUT2D eigenvalue weighted by Crippen LogP contribution is 2.40. The van der Waals surface area contributed by atoms with Crippen LogP contribution in [-0.4, -0.2) is 56.7 Å². The van der Waals surface area contributed by atoms with Crippen LogP contribution in [0.4, 0.5) is 14.9 Å². The van der Waals surface area contributed by atoms with Crippen LogP contribution in [0.3, 0.4) is 0 Å². The molecule has 31 heavy (non-hydrogen) atoms. The molecule has 2 heterocycles. The molecule has 0 bridgehead atoms. The Hall–Kier alpha value is -1.97. The number of benzene rings is 1. The average Bonchev–Trinajstić information content (AvgIpc) is 3.23. The van der Waals surface area contributed by atoms with Crippen molar-refractivity contribution >= 4 is 26.0 Å². The molecule has 1 aromatic rings. The summed E-state index contributed by atoms with van der Waals surface area (Å²) < 4.78 is 26.1. The number of nitrogens with two attached hydrogens (primary N) is 1. The van der Waals surface area contributed by atoms with Crippen molar-refractivity contribution in [2.75, 3.05) is 18.0 Å². The Bertz CT molecular complexity index is 844.